The number of carbonyl (C=O) groups excluding carboxylic acids is 1. The third kappa shape index (κ3) is 18.1. The Morgan fingerprint density at radius 3 is 1.54 bits per heavy atom. The summed E-state index contributed by atoms with van der Waals surface area (Å²) in [5.41, 5.74) is 0. The summed E-state index contributed by atoms with van der Waals surface area (Å²) in [5, 5.41) is 85.6. The highest BCUT2D eigenvalue weighted by Gasteiger charge is 2.50. The zero-order valence-corrected chi connectivity index (χ0v) is 33.2. The first kappa shape index (κ1) is 49.1. The van der Waals surface area contributed by atoms with Crippen molar-refractivity contribution in [3.63, 3.8) is 0 Å². The first-order valence-electron chi connectivity index (χ1n) is 21.3. The molecule has 0 aliphatic carbocycles. The van der Waals surface area contributed by atoms with E-state index in [-0.39, 0.29) is 18.9 Å². The van der Waals surface area contributed by atoms with Gasteiger partial charge in [0, 0.05) is 6.42 Å². The number of hydrogen-bond donors (Lipinski definition) is 9. The van der Waals surface area contributed by atoms with E-state index in [1.807, 2.05) is 6.92 Å². The van der Waals surface area contributed by atoms with Crippen LogP contribution >= 0.6 is 0 Å². The lowest BCUT2D eigenvalue weighted by molar-refractivity contribution is -0.359. The van der Waals surface area contributed by atoms with Crippen molar-refractivity contribution < 1.29 is 64.6 Å². The maximum Gasteiger partial charge on any atom is 0.220 e. The maximum atomic E-state index is 12.5. The maximum absolute atomic E-state index is 12.5. The normalized spacial score (nSPS) is 30.0. The van der Waals surface area contributed by atoms with E-state index in [4.69, 9.17) is 18.9 Å². The van der Waals surface area contributed by atoms with Crippen LogP contribution in [0.3, 0.4) is 0 Å². The molecule has 2 saturated heterocycles. The van der Waals surface area contributed by atoms with Gasteiger partial charge in [-0.05, 0) is 12.8 Å². The summed E-state index contributed by atoms with van der Waals surface area (Å²) >= 11 is 0. The quantitative estimate of drug-likeness (QED) is 0.0462. The molecule has 14 nitrogen and oxygen atoms in total. The molecule has 0 aromatic rings. The molecular weight excluding hydrogens is 702 g/mol. The standard InChI is InChI=1S/C40H77NO13/c1-3-5-6-7-8-9-10-11-12-13-14-15-16-17-18-19-20-21-22-24-29(44)28(41-32(45)23-4-2)27-51-39-37(50)35(48)38(31(26-43)53-39)54-40-36(49)34(47)33(46)30(25-42)52-40/h28-31,33-40,42-44,46-50H,3-27H2,1-2H3,(H,41,45). The van der Waals surface area contributed by atoms with Gasteiger partial charge in [-0.2, -0.15) is 0 Å². The lowest BCUT2D eigenvalue weighted by Gasteiger charge is -2.46. The van der Waals surface area contributed by atoms with Gasteiger partial charge in [0.1, 0.15) is 48.8 Å². The molecule has 2 rings (SSSR count). The van der Waals surface area contributed by atoms with Crippen molar-refractivity contribution in [3.8, 4) is 0 Å². The topological polar surface area (TPSA) is 228 Å². The van der Waals surface area contributed by atoms with Crippen LogP contribution in [-0.4, -0.2) is 140 Å². The van der Waals surface area contributed by atoms with Crippen molar-refractivity contribution in [1.82, 2.24) is 5.32 Å². The molecule has 0 saturated carbocycles. The van der Waals surface area contributed by atoms with Crippen molar-refractivity contribution in [2.24, 2.45) is 0 Å². The van der Waals surface area contributed by atoms with Gasteiger partial charge in [0.2, 0.25) is 5.91 Å². The third-order valence-electron chi connectivity index (χ3n) is 10.8. The Morgan fingerprint density at radius 1 is 0.593 bits per heavy atom. The largest absolute Gasteiger partial charge is 0.394 e. The molecule has 14 heteroatoms. The van der Waals surface area contributed by atoms with Gasteiger partial charge in [-0.25, -0.2) is 0 Å². The lowest BCUT2D eigenvalue weighted by atomic mass is 9.97. The second-order valence-electron chi connectivity index (χ2n) is 15.5. The number of nitrogens with one attached hydrogen (secondary N) is 1. The molecule has 2 aliphatic rings. The number of unbranched alkanes of at least 4 members (excludes halogenated alkanes) is 18. The van der Waals surface area contributed by atoms with Gasteiger partial charge in [-0.15, -0.1) is 0 Å². The van der Waals surface area contributed by atoms with Crippen LogP contribution in [0.4, 0.5) is 0 Å². The lowest BCUT2D eigenvalue weighted by Crippen LogP contribution is -2.65. The highest BCUT2D eigenvalue weighted by Crippen LogP contribution is 2.30. The van der Waals surface area contributed by atoms with E-state index in [1.54, 1.807) is 0 Å². The van der Waals surface area contributed by atoms with Gasteiger partial charge in [0.25, 0.3) is 0 Å². The Balaban J connectivity index is 1.70. The molecule has 54 heavy (non-hydrogen) atoms. The van der Waals surface area contributed by atoms with E-state index >= 15 is 0 Å². The predicted molar refractivity (Wildman–Crippen MR) is 203 cm³/mol. The molecule has 0 aromatic heterocycles. The Morgan fingerprint density at radius 2 is 1.06 bits per heavy atom. The molecule has 0 spiro atoms. The molecule has 2 heterocycles. The first-order chi connectivity index (χ1) is 26.1. The number of carbonyl (C=O) groups is 1. The Kier molecular flexibility index (Phi) is 26.6. The van der Waals surface area contributed by atoms with E-state index in [0.29, 0.717) is 12.8 Å². The fourth-order valence-electron chi connectivity index (χ4n) is 7.28. The van der Waals surface area contributed by atoms with Crippen molar-refractivity contribution >= 4 is 5.91 Å². The van der Waals surface area contributed by atoms with Crippen LogP contribution in [0.25, 0.3) is 0 Å². The Bertz CT molecular complexity index is 930. The molecule has 1 amide bonds. The molecule has 2 fully saturated rings. The third-order valence-corrected chi connectivity index (χ3v) is 10.8. The van der Waals surface area contributed by atoms with E-state index in [0.717, 1.165) is 25.7 Å². The predicted octanol–water partition coefficient (Wildman–Crippen LogP) is 3.09. The molecule has 0 bridgehead atoms. The summed E-state index contributed by atoms with van der Waals surface area (Å²) in [6.45, 7) is 2.48. The number of amides is 1. The van der Waals surface area contributed by atoms with E-state index in [2.05, 4.69) is 12.2 Å². The smallest absolute Gasteiger partial charge is 0.220 e. The molecular formula is C40H77NO13. The van der Waals surface area contributed by atoms with Crippen LogP contribution in [0, 0.1) is 0 Å². The minimum atomic E-state index is -1.77. The number of rotatable bonds is 31. The molecule has 12 atom stereocenters. The minimum absolute atomic E-state index is 0.249. The summed E-state index contributed by atoms with van der Waals surface area (Å²) in [5.74, 6) is -0.260. The molecule has 9 N–H and O–H groups in total. The van der Waals surface area contributed by atoms with Crippen molar-refractivity contribution in [1.29, 1.82) is 0 Å². The number of aliphatic hydroxyl groups excluding tert-OH is 8. The first-order valence-corrected chi connectivity index (χ1v) is 21.3. The fourth-order valence-corrected chi connectivity index (χ4v) is 7.28. The number of hydrogen-bond acceptors (Lipinski definition) is 13. The highest BCUT2D eigenvalue weighted by atomic mass is 16.7. The van der Waals surface area contributed by atoms with Crippen molar-refractivity contribution in [2.75, 3.05) is 19.8 Å². The fraction of sp³-hybridized carbons (Fsp3) is 0.975. The summed E-state index contributed by atoms with van der Waals surface area (Å²) in [6, 6.07) is -0.816. The van der Waals surface area contributed by atoms with Gasteiger partial charge in [0.15, 0.2) is 12.6 Å². The highest BCUT2D eigenvalue weighted by molar-refractivity contribution is 5.76. The van der Waals surface area contributed by atoms with Crippen molar-refractivity contribution in [2.45, 2.75) is 229 Å². The second kappa shape index (κ2) is 29.2. The summed E-state index contributed by atoms with van der Waals surface area (Å²) in [4.78, 5) is 12.5. The average Bonchev–Trinajstić information content (AvgIpc) is 3.16. The molecule has 2 aliphatic heterocycles. The van der Waals surface area contributed by atoms with Gasteiger partial charge >= 0.3 is 0 Å². The van der Waals surface area contributed by atoms with E-state index < -0.39 is 86.8 Å². The van der Waals surface area contributed by atoms with E-state index in [9.17, 15) is 45.6 Å². The summed E-state index contributed by atoms with van der Waals surface area (Å²) in [6.07, 6.45) is 8.78. The van der Waals surface area contributed by atoms with Crippen molar-refractivity contribution in [3.05, 3.63) is 0 Å². The van der Waals surface area contributed by atoms with Gasteiger partial charge in [-0.1, -0.05) is 136 Å². The second-order valence-corrected chi connectivity index (χ2v) is 15.5. The molecule has 12 unspecified atom stereocenters. The zero-order chi connectivity index (χ0) is 39.7. The van der Waals surface area contributed by atoms with Gasteiger partial charge < -0.3 is 65.1 Å². The van der Waals surface area contributed by atoms with Crippen LogP contribution in [0.2, 0.25) is 0 Å². The van der Waals surface area contributed by atoms with Gasteiger partial charge in [0.05, 0.1) is 32.0 Å². The van der Waals surface area contributed by atoms with Gasteiger partial charge in [-0.3, -0.25) is 4.79 Å². The van der Waals surface area contributed by atoms with Crippen LogP contribution in [0.5, 0.6) is 0 Å². The molecule has 0 aromatic carbocycles. The molecule has 320 valence electrons. The van der Waals surface area contributed by atoms with Crippen LogP contribution in [0.15, 0.2) is 0 Å². The van der Waals surface area contributed by atoms with Crippen LogP contribution < -0.4 is 5.32 Å². The molecule has 0 radical (unpaired) electrons. The average molecular weight is 780 g/mol. The van der Waals surface area contributed by atoms with E-state index in [1.165, 1.54) is 96.3 Å². The Hall–Kier alpha value is -1.01. The minimum Gasteiger partial charge on any atom is -0.394 e. The number of ether oxygens (including phenoxy) is 4. The number of aliphatic hydroxyl groups is 8. The van der Waals surface area contributed by atoms with Crippen LogP contribution in [-0.2, 0) is 23.7 Å². The Labute approximate surface area is 323 Å². The summed E-state index contributed by atoms with van der Waals surface area (Å²) in [7, 11) is 0. The monoisotopic (exact) mass is 780 g/mol. The summed E-state index contributed by atoms with van der Waals surface area (Å²) < 4.78 is 22.4. The zero-order valence-electron chi connectivity index (χ0n) is 33.2. The SMILES string of the molecule is CCCCCCCCCCCCCCCCCCCCCC(O)C(COC1OC(CO)C(OC2OC(CO)C(O)C(O)C2O)C(O)C1O)NC(=O)CCC. The van der Waals surface area contributed by atoms with Crippen LogP contribution in [0.1, 0.15) is 155 Å².